The third-order valence-electron chi connectivity index (χ3n) is 10.8. The standard InChI is InChI=1S/C32H45FN18O12/c1-7-18-27(62-30-22(44-50-38)12(3)24(55-13(4)52)20(60-30)10-41-47-35)29(57-15(6)54)32(58-18)63-28-25(56-14(5)53)16(42-48-36)8-17(43-49-37)26(28)61-31-23(45-51-39)21(33)11(2)19(59-31)9-40-46-34/h11-12,16-32H,7-10H2,1-6H3/t11-,12-,16-,17+,18-,19-,20+,21+,22-,23-,24+,25+,26-,27-,28-,29-,30-,31-,32+/m1/s1. The van der Waals surface area contributed by atoms with Crippen LogP contribution in [-0.4, -0.2) is 135 Å². The molecule has 4 aliphatic rings. The number of azide groups is 6. The Labute approximate surface area is 356 Å². The lowest BCUT2D eigenvalue weighted by atomic mass is 9.83. The highest BCUT2D eigenvalue weighted by Crippen LogP contribution is 2.41. The first-order valence-electron chi connectivity index (χ1n) is 19.4. The number of hydrogen-bond donors (Lipinski definition) is 0. The fourth-order valence-electron chi connectivity index (χ4n) is 7.98. The van der Waals surface area contributed by atoms with Gasteiger partial charge in [0.25, 0.3) is 0 Å². The minimum atomic E-state index is -1.94. The Morgan fingerprint density at radius 1 is 0.556 bits per heavy atom. The van der Waals surface area contributed by atoms with E-state index in [1.54, 1.807) is 13.8 Å². The molecule has 0 aromatic carbocycles. The second-order valence-corrected chi connectivity index (χ2v) is 14.7. The maximum atomic E-state index is 16.0. The van der Waals surface area contributed by atoms with Crippen molar-refractivity contribution in [1.29, 1.82) is 0 Å². The molecule has 3 aliphatic heterocycles. The molecule has 0 bridgehead atoms. The van der Waals surface area contributed by atoms with Crippen molar-refractivity contribution in [2.24, 2.45) is 42.5 Å². The van der Waals surface area contributed by atoms with Gasteiger partial charge in [-0.2, -0.15) is 0 Å². The Bertz CT molecular complexity index is 1950. The molecule has 0 spiro atoms. The maximum Gasteiger partial charge on any atom is 0.303 e. The van der Waals surface area contributed by atoms with Crippen molar-refractivity contribution in [3.8, 4) is 0 Å². The van der Waals surface area contributed by atoms with Gasteiger partial charge in [-0.05, 0) is 46.0 Å². The second kappa shape index (κ2) is 23.4. The van der Waals surface area contributed by atoms with Gasteiger partial charge in [-0.25, -0.2) is 4.39 Å². The summed E-state index contributed by atoms with van der Waals surface area (Å²) in [5.41, 5.74) is 56.2. The summed E-state index contributed by atoms with van der Waals surface area (Å²) >= 11 is 0. The molecule has 0 aromatic heterocycles. The number of ether oxygens (including phenoxy) is 9. The molecule has 0 aromatic rings. The van der Waals surface area contributed by atoms with Crippen molar-refractivity contribution in [2.45, 2.75) is 159 Å². The fraction of sp³-hybridized carbons (Fsp3) is 0.906. The van der Waals surface area contributed by atoms with E-state index >= 15 is 4.39 Å². The van der Waals surface area contributed by atoms with Crippen LogP contribution in [0.1, 0.15) is 54.4 Å². The van der Waals surface area contributed by atoms with Crippen molar-refractivity contribution in [2.75, 3.05) is 13.1 Å². The fourth-order valence-corrected chi connectivity index (χ4v) is 7.98. The van der Waals surface area contributed by atoms with Gasteiger partial charge in [0.1, 0.15) is 42.7 Å². The van der Waals surface area contributed by atoms with Crippen LogP contribution in [0.5, 0.6) is 0 Å². The summed E-state index contributed by atoms with van der Waals surface area (Å²) in [7, 11) is 0. The molecular formula is C32H45FN18O12. The van der Waals surface area contributed by atoms with Crippen LogP contribution in [0.2, 0.25) is 0 Å². The van der Waals surface area contributed by atoms with Gasteiger partial charge in [0, 0.05) is 62.1 Å². The molecule has 31 heteroatoms. The molecule has 3 heterocycles. The van der Waals surface area contributed by atoms with Crippen LogP contribution in [0.15, 0.2) is 30.7 Å². The van der Waals surface area contributed by atoms with Crippen LogP contribution < -0.4 is 0 Å². The number of hydrogen-bond acceptors (Lipinski definition) is 18. The zero-order chi connectivity index (χ0) is 46.4. The quantitative estimate of drug-likeness (QED) is 0.0512. The topological polar surface area (TPSA) is 427 Å². The molecule has 0 radical (unpaired) electrons. The molecule has 4 rings (SSSR count). The van der Waals surface area contributed by atoms with Crippen LogP contribution in [-0.2, 0) is 57.0 Å². The molecule has 1 saturated carbocycles. The second-order valence-electron chi connectivity index (χ2n) is 14.7. The van der Waals surface area contributed by atoms with Gasteiger partial charge in [0.15, 0.2) is 25.0 Å². The number of nitrogens with zero attached hydrogens (tertiary/aromatic N) is 18. The van der Waals surface area contributed by atoms with Gasteiger partial charge in [-0.1, -0.05) is 51.5 Å². The van der Waals surface area contributed by atoms with Crippen LogP contribution >= 0.6 is 0 Å². The summed E-state index contributed by atoms with van der Waals surface area (Å²) in [6.45, 7) is 7.21. The van der Waals surface area contributed by atoms with Gasteiger partial charge < -0.3 is 42.6 Å². The molecule has 19 atom stereocenters. The highest BCUT2D eigenvalue weighted by Gasteiger charge is 2.57. The lowest BCUT2D eigenvalue weighted by molar-refractivity contribution is -0.298. The zero-order valence-electron chi connectivity index (χ0n) is 34.6. The highest BCUT2D eigenvalue weighted by molar-refractivity contribution is 5.67. The molecule has 0 amide bonds. The molecule has 0 unspecified atom stereocenters. The Kier molecular flexibility index (Phi) is 18.4. The summed E-state index contributed by atoms with van der Waals surface area (Å²) in [5.74, 6) is -4.29. The number of alkyl halides is 1. The number of carbonyl (C=O) groups is 3. The van der Waals surface area contributed by atoms with Gasteiger partial charge in [0.05, 0.1) is 49.5 Å². The van der Waals surface area contributed by atoms with E-state index in [0.29, 0.717) is 0 Å². The molecular weight excluding hydrogens is 847 g/mol. The average molecular weight is 893 g/mol. The van der Waals surface area contributed by atoms with E-state index in [2.05, 4.69) is 60.2 Å². The van der Waals surface area contributed by atoms with Crippen LogP contribution in [0.25, 0.3) is 62.7 Å². The first kappa shape index (κ1) is 49.6. The largest absolute Gasteiger partial charge is 0.459 e. The number of rotatable bonds is 18. The summed E-state index contributed by atoms with van der Waals surface area (Å²) in [5, 5.41) is 22.0. The Morgan fingerprint density at radius 2 is 1.02 bits per heavy atom. The Morgan fingerprint density at radius 3 is 1.57 bits per heavy atom. The van der Waals surface area contributed by atoms with E-state index in [0.717, 1.165) is 20.8 Å². The highest BCUT2D eigenvalue weighted by atomic mass is 19.1. The monoisotopic (exact) mass is 892 g/mol. The van der Waals surface area contributed by atoms with Gasteiger partial charge in [0.2, 0.25) is 0 Å². The van der Waals surface area contributed by atoms with Gasteiger partial charge in [-0.3, -0.25) is 14.4 Å². The smallest absolute Gasteiger partial charge is 0.303 e. The van der Waals surface area contributed by atoms with Crippen LogP contribution in [0.4, 0.5) is 4.39 Å². The molecule has 30 nitrogen and oxygen atoms in total. The van der Waals surface area contributed by atoms with Gasteiger partial charge >= 0.3 is 17.9 Å². The Balaban J connectivity index is 1.82. The van der Waals surface area contributed by atoms with E-state index in [4.69, 9.17) is 53.7 Å². The summed E-state index contributed by atoms with van der Waals surface area (Å²) in [6, 6.07) is -5.60. The average Bonchev–Trinajstić information content (AvgIpc) is 3.55. The van der Waals surface area contributed by atoms with Crippen molar-refractivity contribution >= 4 is 17.9 Å². The first-order valence-corrected chi connectivity index (χ1v) is 19.4. The number of esters is 3. The van der Waals surface area contributed by atoms with Crippen molar-refractivity contribution in [1.82, 2.24) is 0 Å². The molecule has 63 heavy (non-hydrogen) atoms. The number of carbonyl (C=O) groups excluding carboxylic acids is 3. The Hall–Kier alpha value is -6.04. The van der Waals surface area contributed by atoms with E-state index in [1.165, 1.54) is 6.92 Å². The predicted octanol–water partition coefficient (Wildman–Crippen LogP) is 5.87. The third-order valence-corrected chi connectivity index (χ3v) is 10.8. The number of halogens is 1. The van der Waals surface area contributed by atoms with E-state index in [1.807, 2.05) is 0 Å². The predicted molar refractivity (Wildman–Crippen MR) is 205 cm³/mol. The maximum absolute atomic E-state index is 16.0. The van der Waals surface area contributed by atoms with E-state index in [-0.39, 0.29) is 25.9 Å². The summed E-state index contributed by atoms with van der Waals surface area (Å²) in [4.78, 5) is 54.3. The molecule has 0 N–H and O–H groups in total. The summed E-state index contributed by atoms with van der Waals surface area (Å²) in [6.07, 6.45) is -19.3. The third kappa shape index (κ3) is 12.1. The minimum absolute atomic E-state index is 0.127. The molecule has 342 valence electrons. The lowest BCUT2D eigenvalue weighted by Gasteiger charge is -2.47. The SMILES string of the molecule is CC[C@H]1O[C@@H](O[C@@H]2[C@@H](OC(C)=O)[C@H](N=[N+]=[N-])C[C@H](N=[N+]=[N-])[C@H]2O[C@H]2O[C@H](CN=[N+]=[N-])[C@@H](C)[C@H](F)[C@H]2N=[N+]=[N-])[C@H](OC(C)=O)[C@@H]1O[C@H]1O[C@@H](CN=[N+]=[N-])[C@@H](OC(C)=O)[C@H](C)[C@H]1N=[N+]=[N-]. The minimum Gasteiger partial charge on any atom is -0.459 e. The first-order chi connectivity index (χ1) is 30.2. The van der Waals surface area contributed by atoms with Crippen molar-refractivity contribution in [3.05, 3.63) is 62.7 Å². The van der Waals surface area contributed by atoms with E-state index in [9.17, 15) is 36.5 Å². The van der Waals surface area contributed by atoms with E-state index < -0.39 is 134 Å². The van der Waals surface area contributed by atoms with Crippen LogP contribution in [0, 0.1) is 11.8 Å². The summed E-state index contributed by atoms with van der Waals surface area (Å²) < 4.78 is 70.4. The lowest BCUT2D eigenvalue weighted by Crippen LogP contribution is -2.62. The van der Waals surface area contributed by atoms with Crippen molar-refractivity contribution in [3.63, 3.8) is 0 Å². The molecule has 1 aliphatic carbocycles. The van der Waals surface area contributed by atoms with Crippen molar-refractivity contribution < 1.29 is 61.4 Å². The van der Waals surface area contributed by atoms with Crippen LogP contribution in [0.3, 0.4) is 0 Å². The molecule has 3 saturated heterocycles. The zero-order valence-corrected chi connectivity index (χ0v) is 34.6. The molecule has 4 fully saturated rings. The van der Waals surface area contributed by atoms with Gasteiger partial charge in [-0.15, -0.1) is 0 Å². The normalized spacial score (nSPS) is 38.2.